The van der Waals surface area contributed by atoms with Crippen molar-refractivity contribution in [1.82, 2.24) is 14.9 Å². The molecule has 0 radical (unpaired) electrons. The second-order valence-corrected chi connectivity index (χ2v) is 12.7. The highest BCUT2D eigenvalue weighted by Gasteiger charge is 2.30. The lowest BCUT2D eigenvalue weighted by molar-refractivity contribution is 0.296. The van der Waals surface area contributed by atoms with E-state index in [0.29, 0.717) is 22.7 Å². The van der Waals surface area contributed by atoms with Crippen molar-refractivity contribution in [3.63, 3.8) is 0 Å². The smallest absolute Gasteiger partial charge is 0.179 e. The molecule has 1 unspecified atom stereocenters. The van der Waals surface area contributed by atoms with E-state index in [1.54, 1.807) is 17.6 Å². The highest BCUT2D eigenvalue weighted by atomic mass is 35.5. The van der Waals surface area contributed by atoms with Crippen LogP contribution in [0.3, 0.4) is 0 Å². The number of hydrogen-bond donors (Lipinski definition) is 2. The van der Waals surface area contributed by atoms with Crippen molar-refractivity contribution in [3.8, 4) is 18.9 Å². The van der Waals surface area contributed by atoms with E-state index in [2.05, 4.69) is 84.7 Å². The van der Waals surface area contributed by atoms with Crippen LogP contribution in [0.25, 0.3) is 0 Å². The number of fused-ring (bicyclic) bond motifs is 1. The predicted octanol–water partition coefficient (Wildman–Crippen LogP) is 8.18. The van der Waals surface area contributed by atoms with Crippen LogP contribution in [-0.4, -0.2) is 46.5 Å². The van der Waals surface area contributed by atoms with Crippen LogP contribution < -0.4 is 4.62 Å². The van der Waals surface area contributed by atoms with Gasteiger partial charge in [-0.3, -0.25) is 5.41 Å². The van der Waals surface area contributed by atoms with E-state index in [9.17, 15) is 10.7 Å². The van der Waals surface area contributed by atoms with E-state index in [0.717, 1.165) is 79.4 Å². The Balaban J connectivity index is 0.00000138. The van der Waals surface area contributed by atoms with E-state index >= 15 is 0 Å². The van der Waals surface area contributed by atoms with Crippen LogP contribution in [0.15, 0.2) is 30.4 Å². The average Bonchev–Trinajstić information content (AvgIpc) is 3.59. The summed E-state index contributed by atoms with van der Waals surface area (Å²) in [7, 11) is 4.95. The number of allylic oxidation sites excluding steroid dienone is 2. The van der Waals surface area contributed by atoms with Gasteiger partial charge in [0.2, 0.25) is 0 Å². The number of terminal acetylenes is 1. The standard InChI is InChI=1S/C28H37ClN5PS.C2H4.C2H2.CH4S/c1-4-5-9-21(17(2)20-10-6-11-23-25(20)22(16-30)28(35)36-23)26(31)27-32-18(15-24(29)33-27)12-13-19-8-7-14-34(19)3;3*1-2/h15,19-20,31H,4-14,35H2,1-3H3;1-2H2;1-2H;2H,1H3/b21-17+,31-26?;;;/t19-,20+;;;/m0.../s1. The molecule has 0 bridgehead atoms. The number of nitrogens with zero attached hydrogens (tertiary/aromatic N) is 4. The highest BCUT2D eigenvalue weighted by molar-refractivity contribution is 7.79. The summed E-state index contributed by atoms with van der Waals surface area (Å²) in [6.45, 7) is 11.5. The molecule has 0 aromatic carbocycles. The molecule has 5 nitrogen and oxygen atoms in total. The fourth-order valence-electron chi connectivity index (χ4n) is 5.81. The van der Waals surface area contributed by atoms with E-state index in [1.807, 2.05) is 6.07 Å². The zero-order valence-electron chi connectivity index (χ0n) is 25.7. The zero-order valence-corrected chi connectivity index (χ0v) is 29.3. The van der Waals surface area contributed by atoms with Gasteiger partial charge in [-0.15, -0.1) is 37.3 Å². The number of unbranched alkanes of at least 4 members (excludes halogenated alkanes) is 1. The molecule has 0 spiro atoms. The van der Waals surface area contributed by atoms with Gasteiger partial charge in [-0.05, 0) is 102 Å². The molecule has 1 aliphatic carbocycles. The number of thiol groups is 1. The number of thiophene rings is 1. The lowest BCUT2D eigenvalue weighted by Gasteiger charge is -2.27. The van der Waals surface area contributed by atoms with Crippen LogP contribution in [0, 0.1) is 29.6 Å². The second kappa shape index (κ2) is 20.1. The third kappa shape index (κ3) is 9.77. The SMILES string of the molecule is C#C.C=C.CCCC/C(C(=N)c1nc(Cl)cc(CC[C@@H]2CCCN2C)n1)=C(/C)[C@H]1CCCc2sc(P)c(C#N)c21.CS. The summed E-state index contributed by atoms with van der Waals surface area (Å²) in [5, 5.41) is 19.5. The molecule has 2 aromatic rings. The quantitative estimate of drug-likeness (QED) is 0.0721. The van der Waals surface area contributed by atoms with Crippen molar-refractivity contribution in [3.05, 3.63) is 63.0 Å². The third-order valence-corrected chi connectivity index (χ3v) is 9.79. The molecule has 9 heteroatoms. The highest BCUT2D eigenvalue weighted by Crippen LogP contribution is 2.43. The van der Waals surface area contributed by atoms with Crippen molar-refractivity contribution in [2.45, 2.75) is 90.0 Å². The molecular formula is C33H47ClN5PS2. The summed E-state index contributed by atoms with van der Waals surface area (Å²) in [5.41, 5.74) is 5.50. The molecule has 228 valence electrons. The normalized spacial score (nSPS) is 18.0. The van der Waals surface area contributed by atoms with E-state index < -0.39 is 0 Å². The van der Waals surface area contributed by atoms with Gasteiger partial charge in [0.15, 0.2) is 5.82 Å². The third-order valence-electron chi connectivity index (χ3n) is 7.86. The van der Waals surface area contributed by atoms with Crippen LogP contribution >= 0.6 is 44.8 Å². The Labute approximate surface area is 271 Å². The fourth-order valence-corrected chi connectivity index (χ4v) is 7.78. The Bertz CT molecular complexity index is 1260. The first kappa shape index (κ1) is 38.0. The van der Waals surface area contributed by atoms with Gasteiger partial charge in [0.1, 0.15) is 16.9 Å². The lowest BCUT2D eigenvalue weighted by atomic mass is 9.78. The van der Waals surface area contributed by atoms with Gasteiger partial charge in [-0.2, -0.15) is 17.9 Å². The summed E-state index contributed by atoms with van der Waals surface area (Å²) in [6.07, 6.45) is 20.1. The lowest BCUT2D eigenvalue weighted by Crippen LogP contribution is -2.25. The Morgan fingerprint density at radius 3 is 2.57 bits per heavy atom. The minimum absolute atomic E-state index is 0.165. The average molecular weight is 644 g/mol. The fraction of sp³-hybridized carbons (Fsp3) is 0.515. The number of aromatic nitrogens is 2. The number of likely N-dealkylation sites (tertiary alicyclic amines) is 1. The zero-order chi connectivity index (χ0) is 31.8. The van der Waals surface area contributed by atoms with E-state index in [4.69, 9.17) is 16.6 Å². The molecule has 3 heterocycles. The van der Waals surface area contributed by atoms with E-state index in [-0.39, 0.29) is 5.92 Å². The monoisotopic (exact) mass is 643 g/mol. The van der Waals surface area contributed by atoms with Gasteiger partial charge in [-0.1, -0.05) is 39.8 Å². The number of nitriles is 1. The second-order valence-electron chi connectivity index (χ2n) is 10.2. The number of rotatable bonds is 9. The van der Waals surface area contributed by atoms with Gasteiger partial charge >= 0.3 is 0 Å². The molecule has 3 atom stereocenters. The maximum absolute atomic E-state index is 9.88. The summed E-state index contributed by atoms with van der Waals surface area (Å²) < 4.78 is 1.03. The minimum Gasteiger partial charge on any atom is -0.303 e. The van der Waals surface area contributed by atoms with Crippen LogP contribution in [0.1, 0.15) is 98.7 Å². The number of hydrogen-bond acceptors (Lipinski definition) is 7. The van der Waals surface area contributed by atoms with Gasteiger partial charge in [0, 0.05) is 27.1 Å². The summed E-state index contributed by atoms with van der Waals surface area (Å²) in [4.78, 5) is 13.1. The maximum Gasteiger partial charge on any atom is 0.179 e. The van der Waals surface area contributed by atoms with Gasteiger partial charge in [0.05, 0.1) is 5.56 Å². The minimum atomic E-state index is 0.165. The van der Waals surface area contributed by atoms with Crippen LogP contribution in [0.2, 0.25) is 5.15 Å². The van der Waals surface area contributed by atoms with Crippen molar-refractivity contribution >= 4 is 55.1 Å². The first-order valence-corrected chi connectivity index (χ1v) is 17.1. The van der Waals surface area contributed by atoms with Crippen molar-refractivity contribution in [2.24, 2.45) is 0 Å². The Morgan fingerprint density at radius 2 is 1.98 bits per heavy atom. The van der Waals surface area contributed by atoms with Gasteiger partial charge in [-0.25, -0.2) is 9.97 Å². The largest absolute Gasteiger partial charge is 0.303 e. The number of halogens is 1. The molecule has 1 aliphatic heterocycles. The number of aryl methyl sites for hydroxylation is 2. The van der Waals surface area contributed by atoms with E-state index in [1.165, 1.54) is 28.9 Å². The molecular weight excluding hydrogens is 597 g/mol. The van der Waals surface area contributed by atoms with Crippen LogP contribution in [0.4, 0.5) is 0 Å². The first-order valence-electron chi connectivity index (χ1n) is 14.5. The number of nitrogens with one attached hydrogen (secondary N) is 1. The van der Waals surface area contributed by atoms with Crippen LogP contribution in [-0.2, 0) is 12.8 Å². The molecule has 1 N–H and O–H groups in total. The van der Waals surface area contributed by atoms with Gasteiger partial charge in [0.25, 0.3) is 0 Å². The molecule has 0 amide bonds. The Morgan fingerprint density at radius 1 is 1.29 bits per heavy atom. The maximum atomic E-state index is 9.88. The van der Waals surface area contributed by atoms with Crippen molar-refractivity contribution < 1.29 is 0 Å². The molecule has 4 rings (SSSR count). The molecule has 1 saturated heterocycles. The molecule has 2 aromatic heterocycles. The Kier molecular flexibility index (Phi) is 18.2. The topological polar surface area (TPSA) is 76.7 Å². The molecule has 0 saturated carbocycles. The molecule has 1 fully saturated rings. The van der Waals surface area contributed by atoms with Crippen LogP contribution in [0.5, 0.6) is 0 Å². The first-order chi connectivity index (χ1) is 20.3. The summed E-state index contributed by atoms with van der Waals surface area (Å²) >= 11 is 11.7. The van der Waals surface area contributed by atoms with Gasteiger partial charge < -0.3 is 4.90 Å². The van der Waals surface area contributed by atoms with Crippen molar-refractivity contribution in [1.29, 1.82) is 10.7 Å². The predicted molar refractivity (Wildman–Crippen MR) is 190 cm³/mol. The molecule has 42 heavy (non-hydrogen) atoms. The summed E-state index contributed by atoms with van der Waals surface area (Å²) in [5.74, 6) is 0.592. The Hall–Kier alpha value is -1.99. The summed E-state index contributed by atoms with van der Waals surface area (Å²) in [6, 6.07) is 4.90. The molecule has 2 aliphatic rings. The van der Waals surface area contributed by atoms with Crippen molar-refractivity contribution in [2.75, 3.05) is 19.8 Å².